The van der Waals surface area contributed by atoms with Crippen molar-refractivity contribution in [2.24, 2.45) is 0 Å². The minimum absolute atomic E-state index is 0.0952. The summed E-state index contributed by atoms with van der Waals surface area (Å²) in [5.74, 6) is 2.16. The molecule has 0 fully saturated rings. The van der Waals surface area contributed by atoms with Crippen molar-refractivity contribution >= 4 is 22.9 Å². The van der Waals surface area contributed by atoms with Gasteiger partial charge < -0.3 is 4.57 Å². The highest BCUT2D eigenvalue weighted by Gasteiger charge is 2.35. The zero-order valence-corrected chi connectivity index (χ0v) is 23.6. The third-order valence-electron chi connectivity index (χ3n) is 6.85. The van der Waals surface area contributed by atoms with Gasteiger partial charge in [-0.25, -0.2) is 4.98 Å². The Morgan fingerprint density at radius 1 is 0.763 bits per heavy atom. The Balaban J connectivity index is 0.000000194. The lowest BCUT2D eigenvalue weighted by Gasteiger charge is -2.36. The minimum atomic E-state index is -0.506. The molecule has 4 aromatic carbocycles. The van der Waals surface area contributed by atoms with Crippen LogP contribution in [0.15, 0.2) is 159 Å². The fourth-order valence-electron chi connectivity index (χ4n) is 5.03. The highest BCUT2D eigenvalue weighted by atomic mass is 28.2. The van der Waals surface area contributed by atoms with Crippen LogP contribution in [0.2, 0.25) is 6.04 Å². The van der Waals surface area contributed by atoms with Crippen molar-refractivity contribution in [3.8, 4) is 0 Å². The molecule has 2 nitrogen and oxygen atoms in total. The molecule has 0 saturated heterocycles. The van der Waals surface area contributed by atoms with E-state index >= 15 is 0 Å². The molecule has 0 aliphatic carbocycles. The minimum Gasteiger partial charge on any atom is -0.327 e. The van der Waals surface area contributed by atoms with Crippen LogP contribution in [0.1, 0.15) is 28.7 Å². The number of aromatic nitrogens is 2. The quantitative estimate of drug-likeness (QED) is 0.126. The van der Waals surface area contributed by atoms with Crippen LogP contribution in [0.3, 0.4) is 0 Å². The van der Waals surface area contributed by atoms with Crippen LogP contribution in [0.4, 0.5) is 0 Å². The molecule has 4 heteroatoms. The zero-order chi connectivity index (χ0) is 26.5. The molecule has 1 heterocycles. The van der Waals surface area contributed by atoms with E-state index in [1.807, 2.05) is 30.7 Å². The Morgan fingerprint density at radius 2 is 1.24 bits per heavy atom. The topological polar surface area (TPSA) is 17.8 Å². The van der Waals surface area contributed by atoms with Crippen molar-refractivity contribution in [3.05, 3.63) is 181 Å². The predicted molar refractivity (Wildman–Crippen MR) is 168 cm³/mol. The molecule has 1 aromatic heterocycles. The molecule has 0 atom stereocenters. The Bertz CT molecular complexity index is 1300. The summed E-state index contributed by atoms with van der Waals surface area (Å²) in [6.07, 6.45) is 9.04. The lowest BCUT2D eigenvalue weighted by Crippen LogP contribution is -2.41. The van der Waals surface area contributed by atoms with Crippen molar-refractivity contribution in [2.75, 3.05) is 0 Å². The summed E-state index contributed by atoms with van der Waals surface area (Å²) < 4.78 is 2.30. The van der Waals surface area contributed by atoms with Crippen LogP contribution in [-0.2, 0) is 5.16 Å². The van der Waals surface area contributed by atoms with E-state index in [1.54, 1.807) is 0 Å². The standard InChI is InChI=1S/C20H22N2Si.C14H13B/c1-2-3-16-23-20(22-15-14-21-17-22,18-10-6-4-7-11-18)19-12-8-5-9-13-19;15-11-14(12-7-3-1-4-8-12)13-9-5-2-6-10-13/h2,4-15,17H,1,3,16,23H2;1-11H,15H2. The van der Waals surface area contributed by atoms with Gasteiger partial charge >= 0.3 is 0 Å². The molecule has 0 N–H and O–H groups in total. The Kier molecular flexibility index (Phi) is 9.89. The number of hydrogen-bond acceptors (Lipinski definition) is 1. The van der Waals surface area contributed by atoms with Gasteiger partial charge in [-0.15, -0.1) is 12.6 Å². The summed E-state index contributed by atoms with van der Waals surface area (Å²) in [5.41, 5.74) is 6.52. The van der Waals surface area contributed by atoms with E-state index < -0.39 is 9.52 Å². The first kappa shape index (κ1) is 26.9. The molecule has 0 saturated carbocycles. The molecule has 0 aliphatic rings. The third-order valence-corrected chi connectivity index (χ3v) is 9.52. The lowest BCUT2D eigenvalue weighted by molar-refractivity contribution is 0.590. The van der Waals surface area contributed by atoms with Crippen molar-refractivity contribution < 1.29 is 0 Å². The largest absolute Gasteiger partial charge is 0.327 e. The summed E-state index contributed by atoms with van der Waals surface area (Å²) in [7, 11) is 1.57. The van der Waals surface area contributed by atoms with Crippen molar-refractivity contribution in [1.29, 1.82) is 0 Å². The molecule has 5 rings (SSSR count). The van der Waals surface area contributed by atoms with Gasteiger partial charge in [0.25, 0.3) is 0 Å². The van der Waals surface area contributed by atoms with Crippen LogP contribution in [-0.4, -0.2) is 26.9 Å². The molecule has 0 amide bonds. The van der Waals surface area contributed by atoms with Gasteiger partial charge in [0.05, 0.1) is 21.0 Å². The molecule has 38 heavy (non-hydrogen) atoms. The predicted octanol–water partition coefficient (Wildman–Crippen LogP) is 6.50. The molecule has 0 spiro atoms. The number of allylic oxidation sites excluding steroid dienone is 1. The first-order chi connectivity index (χ1) is 18.8. The van der Waals surface area contributed by atoms with Crippen molar-refractivity contribution in [3.63, 3.8) is 0 Å². The van der Waals surface area contributed by atoms with Crippen molar-refractivity contribution in [1.82, 2.24) is 9.55 Å². The SMILES string of the molecule is BC=C(c1ccccc1)c1ccccc1.C=CCC[SiH2]C(c1ccccc1)(c1ccccc1)n1ccnc1. The summed E-state index contributed by atoms with van der Waals surface area (Å²) in [4.78, 5) is 4.33. The average Bonchev–Trinajstić information content (AvgIpc) is 3.54. The van der Waals surface area contributed by atoms with Crippen LogP contribution in [0, 0.1) is 0 Å². The summed E-state index contributed by atoms with van der Waals surface area (Å²) in [5, 5.41) is -0.0952. The Morgan fingerprint density at radius 3 is 1.63 bits per heavy atom. The van der Waals surface area contributed by atoms with Crippen LogP contribution in [0.25, 0.3) is 5.57 Å². The maximum Gasteiger partial charge on any atom is 0.130 e. The maximum absolute atomic E-state index is 4.33. The van der Waals surface area contributed by atoms with Crippen LogP contribution in [0.5, 0.6) is 0 Å². The van der Waals surface area contributed by atoms with E-state index in [1.165, 1.54) is 33.9 Å². The van der Waals surface area contributed by atoms with E-state index in [9.17, 15) is 0 Å². The molecule has 0 bridgehead atoms. The maximum atomic E-state index is 4.33. The molecule has 5 aromatic rings. The van der Waals surface area contributed by atoms with Gasteiger partial charge in [-0.2, -0.15) is 0 Å². The number of benzene rings is 4. The van der Waals surface area contributed by atoms with Gasteiger partial charge in [-0.3, -0.25) is 0 Å². The van der Waals surface area contributed by atoms with Gasteiger partial charge in [-0.05, 0) is 34.2 Å². The van der Waals surface area contributed by atoms with Crippen molar-refractivity contribution in [2.45, 2.75) is 17.6 Å². The van der Waals surface area contributed by atoms with E-state index in [0.29, 0.717) is 0 Å². The smallest absolute Gasteiger partial charge is 0.130 e. The summed E-state index contributed by atoms with van der Waals surface area (Å²) in [6.45, 7) is 3.89. The first-order valence-electron chi connectivity index (χ1n) is 13.3. The molecular formula is C34H35BN2Si. The number of imidazole rings is 1. The Hall–Kier alpha value is -4.15. The fraction of sp³-hybridized carbons (Fsp3) is 0.0882. The Labute approximate surface area is 230 Å². The number of nitrogens with zero attached hydrogens (tertiary/aromatic N) is 2. The second-order valence-corrected chi connectivity index (χ2v) is 11.4. The first-order valence-corrected chi connectivity index (χ1v) is 15.0. The van der Waals surface area contributed by atoms with E-state index in [2.05, 4.69) is 145 Å². The normalized spacial score (nSPS) is 10.9. The molecule has 0 unspecified atom stereocenters. The monoisotopic (exact) mass is 510 g/mol. The van der Waals surface area contributed by atoms with E-state index in [4.69, 9.17) is 0 Å². The van der Waals surface area contributed by atoms with Crippen LogP contribution >= 0.6 is 0 Å². The second kappa shape index (κ2) is 14.0. The molecular weight excluding hydrogens is 475 g/mol. The van der Waals surface area contributed by atoms with Gasteiger partial charge in [0, 0.05) is 12.4 Å². The zero-order valence-electron chi connectivity index (χ0n) is 22.2. The number of hydrogen-bond donors (Lipinski definition) is 0. The van der Waals surface area contributed by atoms with E-state index in [0.717, 1.165) is 6.42 Å². The number of rotatable bonds is 9. The third kappa shape index (κ3) is 6.40. The molecule has 188 valence electrons. The van der Waals surface area contributed by atoms with Gasteiger partial charge in [-0.1, -0.05) is 133 Å². The lowest BCUT2D eigenvalue weighted by atomic mass is 9.92. The summed E-state index contributed by atoms with van der Waals surface area (Å²) in [6, 6.07) is 43.8. The fourth-order valence-corrected chi connectivity index (χ4v) is 7.53. The van der Waals surface area contributed by atoms with E-state index in [-0.39, 0.29) is 5.16 Å². The highest BCUT2D eigenvalue weighted by Crippen LogP contribution is 2.34. The van der Waals surface area contributed by atoms with Crippen LogP contribution < -0.4 is 0 Å². The van der Waals surface area contributed by atoms with Gasteiger partial charge in [0.1, 0.15) is 7.85 Å². The average molecular weight is 511 g/mol. The van der Waals surface area contributed by atoms with Gasteiger partial charge in [0.15, 0.2) is 0 Å². The second-order valence-electron chi connectivity index (χ2n) is 9.18. The highest BCUT2D eigenvalue weighted by molar-refractivity contribution is 6.41. The molecule has 0 aliphatic heterocycles. The summed E-state index contributed by atoms with van der Waals surface area (Å²) >= 11 is 0. The van der Waals surface area contributed by atoms with Gasteiger partial charge in [0.2, 0.25) is 0 Å². The molecule has 0 radical (unpaired) electrons.